The van der Waals surface area contributed by atoms with Crippen LogP contribution in [-0.2, 0) is 0 Å². The molecule has 2 N–H and O–H groups in total. The molecule has 22 heavy (non-hydrogen) atoms. The molecular formula is C17H29IN4. The molecule has 0 aromatic heterocycles. The summed E-state index contributed by atoms with van der Waals surface area (Å²) in [6.45, 7) is 10.2. The summed E-state index contributed by atoms with van der Waals surface area (Å²) >= 11 is 0. The van der Waals surface area contributed by atoms with E-state index in [4.69, 9.17) is 0 Å². The van der Waals surface area contributed by atoms with E-state index in [1.165, 1.54) is 11.1 Å². The number of halogens is 1. The van der Waals surface area contributed by atoms with Gasteiger partial charge in [-0.15, -0.1) is 30.6 Å². The first kappa shape index (κ1) is 20.9. The van der Waals surface area contributed by atoms with Crippen molar-refractivity contribution in [2.75, 3.05) is 33.7 Å². The first-order valence-corrected chi connectivity index (χ1v) is 7.44. The molecular weight excluding hydrogens is 387 g/mol. The van der Waals surface area contributed by atoms with E-state index in [0.29, 0.717) is 13.1 Å². The second-order valence-corrected chi connectivity index (χ2v) is 5.28. The average molecular weight is 416 g/mol. The van der Waals surface area contributed by atoms with E-state index in [0.717, 1.165) is 12.5 Å². The molecule has 4 nitrogen and oxygen atoms in total. The average Bonchev–Trinajstić information content (AvgIpc) is 2.46. The molecule has 1 unspecified atom stereocenters. The number of nitrogens with zero attached hydrogens (tertiary/aromatic N) is 2. The molecule has 0 bridgehead atoms. The number of guanidine groups is 1. The standard InChI is InChI=1S/C17H28N4.HI/c1-6-12-19-17(18-7-2)20-13-16(21(4)5)15-10-8-14(3)9-11-15;/h6,8-11,16H,1,7,12-13H2,2-5H3,(H2,18,19,20);1H. The van der Waals surface area contributed by atoms with Crippen LogP contribution < -0.4 is 10.6 Å². The third-order valence-electron chi connectivity index (χ3n) is 3.27. The lowest BCUT2D eigenvalue weighted by Crippen LogP contribution is -2.38. The van der Waals surface area contributed by atoms with E-state index < -0.39 is 0 Å². The molecule has 124 valence electrons. The number of nitrogens with one attached hydrogen (secondary N) is 2. The predicted octanol–water partition coefficient (Wildman–Crippen LogP) is 2.96. The van der Waals surface area contributed by atoms with E-state index in [1.54, 1.807) is 0 Å². The molecule has 0 saturated heterocycles. The van der Waals surface area contributed by atoms with Gasteiger partial charge in [0.2, 0.25) is 0 Å². The predicted molar refractivity (Wildman–Crippen MR) is 107 cm³/mol. The molecule has 0 amide bonds. The fraction of sp³-hybridized carbons (Fsp3) is 0.471. The number of aryl methyl sites for hydroxylation is 1. The van der Waals surface area contributed by atoms with Gasteiger partial charge in [-0.3, -0.25) is 4.99 Å². The SMILES string of the molecule is C=CCNC(=NCC(c1ccc(C)cc1)N(C)C)NCC.I. The summed E-state index contributed by atoms with van der Waals surface area (Å²) in [4.78, 5) is 6.88. The van der Waals surface area contributed by atoms with Crippen molar-refractivity contribution >= 4 is 29.9 Å². The Labute approximate surface area is 152 Å². The summed E-state index contributed by atoms with van der Waals surface area (Å²) in [5, 5.41) is 6.47. The van der Waals surface area contributed by atoms with Gasteiger partial charge >= 0.3 is 0 Å². The monoisotopic (exact) mass is 416 g/mol. The second-order valence-electron chi connectivity index (χ2n) is 5.28. The van der Waals surface area contributed by atoms with E-state index in [9.17, 15) is 0 Å². The van der Waals surface area contributed by atoms with E-state index in [1.807, 2.05) is 6.08 Å². The first-order chi connectivity index (χ1) is 10.1. The molecule has 0 heterocycles. The molecule has 0 aliphatic heterocycles. The Morgan fingerprint density at radius 2 is 1.91 bits per heavy atom. The number of likely N-dealkylation sites (N-methyl/N-ethyl adjacent to an activating group) is 1. The lowest BCUT2D eigenvalue weighted by atomic mass is 10.0. The van der Waals surface area contributed by atoms with Gasteiger partial charge in [0.05, 0.1) is 12.6 Å². The van der Waals surface area contributed by atoms with Crippen LogP contribution in [0.5, 0.6) is 0 Å². The molecule has 0 spiro atoms. The Hall–Kier alpha value is -1.08. The van der Waals surface area contributed by atoms with Gasteiger partial charge in [0.25, 0.3) is 0 Å². The van der Waals surface area contributed by atoms with Crippen LogP contribution in [0.3, 0.4) is 0 Å². The fourth-order valence-corrected chi connectivity index (χ4v) is 2.04. The van der Waals surface area contributed by atoms with Crippen LogP contribution in [0, 0.1) is 6.92 Å². The molecule has 0 aliphatic rings. The van der Waals surface area contributed by atoms with Gasteiger partial charge in [0.15, 0.2) is 5.96 Å². The number of benzene rings is 1. The molecule has 1 atom stereocenters. The van der Waals surface area contributed by atoms with Crippen molar-refractivity contribution in [3.63, 3.8) is 0 Å². The van der Waals surface area contributed by atoms with Crippen molar-refractivity contribution in [2.45, 2.75) is 19.9 Å². The second kappa shape index (κ2) is 11.5. The van der Waals surface area contributed by atoms with Crippen LogP contribution in [0.1, 0.15) is 24.1 Å². The van der Waals surface area contributed by atoms with Crippen LogP contribution in [-0.4, -0.2) is 44.6 Å². The molecule has 0 aliphatic carbocycles. The normalized spacial score (nSPS) is 12.5. The van der Waals surface area contributed by atoms with Crippen molar-refractivity contribution in [1.82, 2.24) is 15.5 Å². The number of aliphatic imine (C=N–C) groups is 1. The van der Waals surface area contributed by atoms with Crippen LogP contribution in [0.4, 0.5) is 0 Å². The summed E-state index contributed by atoms with van der Waals surface area (Å²) in [6, 6.07) is 8.93. The Kier molecular flexibility index (Phi) is 10.9. The van der Waals surface area contributed by atoms with Crippen molar-refractivity contribution in [1.29, 1.82) is 0 Å². The number of rotatable bonds is 7. The smallest absolute Gasteiger partial charge is 0.191 e. The molecule has 1 aromatic rings. The van der Waals surface area contributed by atoms with Crippen molar-refractivity contribution in [2.24, 2.45) is 4.99 Å². The molecule has 1 aromatic carbocycles. The molecule has 0 fully saturated rings. The van der Waals surface area contributed by atoms with Gasteiger partial charge in [-0.05, 0) is 33.5 Å². The molecule has 0 saturated carbocycles. The quantitative estimate of drug-likeness (QED) is 0.311. The van der Waals surface area contributed by atoms with E-state index in [2.05, 4.69) is 79.3 Å². The zero-order valence-electron chi connectivity index (χ0n) is 14.1. The minimum atomic E-state index is 0. The van der Waals surface area contributed by atoms with Gasteiger partial charge in [-0.2, -0.15) is 0 Å². The minimum Gasteiger partial charge on any atom is -0.357 e. The largest absolute Gasteiger partial charge is 0.357 e. The summed E-state index contributed by atoms with van der Waals surface area (Å²) in [7, 11) is 4.17. The van der Waals surface area contributed by atoms with Crippen LogP contribution in [0.15, 0.2) is 41.9 Å². The summed E-state index contributed by atoms with van der Waals surface area (Å²) in [5.74, 6) is 0.830. The maximum Gasteiger partial charge on any atom is 0.191 e. The Morgan fingerprint density at radius 3 is 2.41 bits per heavy atom. The van der Waals surface area contributed by atoms with Gasteiger partial charge in [-0.25, -0.2) is 0 Å². The van der Waals surface area contributed by atoms with Crippen LogP contribution in [0.25, 0.3) is 0 Å². The highest BCUT2D eigenvalue weighted by Gasteiger charge is 2.13. The zero-order valence-corrected chi connectivity index (χ0v) is 16.4. The number of hydrogen-bond acceptors (Lipinski definition) is 2. The highest BCUT2D eigenvalue weighted by atomic mass is 127. The maximum absolute atomic E-state index is 4.68. The van der Waals surface area contributed by atoms with Crippen molar-refractivity contribution in [3.8, 4) is 0 Å². The van der Waals surface area contributed by atoms with Crippen molar-refractivity contribution < 1.29 is 0 Å². The van der Waals surface area contributed by atoms with Gasteiger partial charge in [-0.1, -0.05) is 35.9 Å². The number of hydrogen-bond donors (Lipinski definition) is 2. The highest BCUT2D eigenvalue weighted by molar-refractivity contribution is 14.0. The Morgan fingerprint density at radius 1 is 1.27 bits per heavy atom. The third kappa shape index (κ3) is 7.26. The molecule has 1 rings (SSSR count). The Balaban J connectivity index is 0.00000441. The maximum atomic E-state index is 4.68. The summed E-state index contributed by atoms with van der Waals surface area (Å²) in [6.07, 6.45) is 1.83. The first-order valence-electron chi connectivity index (χ1n) is 7.44. The summed E-state index contributed by atoms with van der Waals surface area (Å²) in [5.41, 5.74) is 2.56. The van der Waals surface area contributed by atoms with Gasteiger partial charge in [0, 0.05) is 13.1 Å². The molecule has 5 heteroatoms. The van der Waals surface area contributed by atoms with Gasteiger partial charge in [0.1, 0.15) is 0 Å². The lowest BCUT2D eigenvalue weighted by Gasteiger charge is -2.24. The summed E-state index contributed by atoms with van der Waals surface area (Å²) < 4.78 is 0. The third-order valence-corrected chi connectivity index (χ3v) is 3.27. The van der Waals surface area contributed by atoms with E-state index >= 15 is 0 Å². The topological polar surface area (TPSA) is 39.7 Å². The van der Waals surface area contributed by atoms with E-state index in [-0.39, 0.29) is 30.0 Å². The fourth-order valence-electron chi connectivity index (χ4n) is 2.04. The lowest BCUT2D eigenvalue weighted by molar-refractivity contribution is 0.306. The van der Waals surface area contributed by atoms with Crippen LogP contribution >= 0.6 is 24.0 Å². The zero-order chi connectivity index (χ0) is 15.7. The Bertz CT molecular complexity index is 454. The minimum absolute atomic E-state index is 0. The van der Waals surface area contributed by atoms with Crippen LogP contribution in [0.2, 0.25) is 0 Å². The molecule has 0 radical (unpaired) electrons. The van der Waals surface area contributed by atoms with Crippen molar-refractivity contribution in [3.05, 3.63) is 48.0 Å². The highest BCUT2D eigenvalue weighted by Crippen LogP contribution is 2.19. The van der Waals surface area contributed by atoms with Gasteiger partial charge < -0.3 is 15.5 Å².